The lowest BCUT2D eigenvalue weighted by Gasteiger charge is -2.40. The Balaban J connectivity index is 1.17. The van der Waals surface area contributed by atoms with Crippen LogP contribution in [-0.4, -0.2) is 10.8 Å². The van der Waals surface area contributed by atoms with E-state index >= 15 is 0 Å². The van der Waals surface area contributed by atoms with Crippen molar-refractivity contribution in [3.05, 3.63) is 124 Å². The minimum atomic E-state index is -0.123. The molecule has 3 nitrogen and oxygen atoms in total. The van der Waals surface area contributed by atoms with Crippen molar-refractivity contribution in [3.8, 4) is 0 Å². The predicted octanol–water partition coefficient (Wildman–Crippen LogP) is 9.44. The fourth-order valence-electron chi connectivity index (χ4n) is 6.16. The van der Waals surface area contributed by atoms with Crippen LogP contribution in [0.4, 0.5) is 16.5 Å². The molecule has 188 valence electrons. The summed E-state index contributed by atoms with van der Waals surface area (Å²) in [6.45, 7) is 4.56. The lowest BCUT2D eigenvalue weighted by atomic mass is 9.75. The van der Waals surface area contributed by atoms with Crippen molar-refractivity contribution >= 4 is 71.2 Å². The van der Waals surface area contributed by atoms with E-state index in [0.717, 1.165) is 37.8 Å². The number of ketones is 1. The van der Waals surface area contributed by atoms with Crippen molar-refractivity contribution < 1.29 is 4.79 Å². The van der Waals surface area contributed by atoms with E-state index in [4.69, 9.17) is 4.98 Å². The molecule has 6 aromatic rings. The monoisotopic (exact) mass is 540 g/mol. The van der Waals surface area contributed by atoms with E-state index in [9.17, 15) is 4.79 Å². The number of nitrogens with zero attached hydrogens (tertiary/aromatic N) is 2. The summed E-state index contributed by atoms with van der Waals surface area (Å²) in [5.74, 6) is 1.16. The molecule has 3 aromatic heterocycles. The highest BCUT2D eigenvalue weighted by Gasteiger charge is 2.38. The van der Waals surface area contributed by atoms with Crippen LogP contribution in [0.15, 0.2) is 96.7 Å². The van der Waals surface area contributed by atoms with Crippen LogP contribution in [0.25, 0.3) is 26.2 Å². The number of rotatable bonds is 2. The van der Waals surface area contributed by atoms with Gasteiger partial charge in [-0.25, -0.2) is 4.98 Å². The van der Waals surface area contributed by atoms with Crippen molar-refractivity contribution in [3.63, 3.8) is 0 Å². The van der Waals surface area contributed by atoms with E-state index in [1.54, 1.807) is 22.7 Å². The van der Waals surface area contributed by atoms with Gasteiger partial charge >= 0.3 is 0 Å². The first-order chi connectivity index (χ1) is 19.0. The van der Waals surface area contributed by atoms with Gasteiger partial charge < -0.3 is 0 Å². The van der Waals surface area contributed by atoms with E-state index in [0.29, 0.717) is 6.42 Å². The van der Waals surface area contributed by atoms with E-state index in [2.05, 4.69) is 91.6 Å². The molecule has 0 unspecified atom stereocenters. The number of Topliss-reactive ketones (excluding diaryl/α,β-unsaturated/α-hetero) is 1. The maximum absolute atomic E-state index is 13.3. The number of pyridine rings is 1. The molecule has 0 atom stereocenters. The predicted molar refractivity (Wildman–Crippen MR) is 164 cm³/mol. The van der Waals surface area contributed by atoms with Gasteiger partial charge in [-0.15, -0.1) is 22.7 Å². The third-order valence-electron chi connectivity index (χ3n) is 8.13. The van der Waals surface area contributed by atoms with Gasteiger partial charge in [0, 0.05) is 49.0 Å². The third kappa shape index (κ3) is 3.40. The van der Waals surface area contributed by atoms with Crippen molar-refractivity contribution in [2.75, 3.05) is 4.90 Å². The number of carbonyl (C=O) groups excluding carboxylic acids is 1. The smallest absolute Gasteiger partial charge is 0.189 e. The van der Waals surface area contributed by atoms with Crippen molar-refractivity contribution in [1.29, 1.82) is 0 Å². The Morgan fingerprint density at radius 1 is 0.846 bits per heavy atom. The summed E-state index contributed by atoms with van der Waals surface area (Å²) in [6, 6.07) is 29.9. The number of hydrogen-bond donors (Lipinski definition) is 0. The molecule has 0 spiro atoms. The first-order valence-corrected chi connectivity index (χ1v) is 14.8. The zero-order valence-corrected chi connectivity index (χ0v) is 23.2. The number of aromatic nitrogens is 1. The average molecular weight is 541 g/mol. The number of benzene rings is 3. The number of fused-ring (bicyclic) bond motifs is 5. The second-order valence-electron chi connectivity index (χ2n) is 10.8. The molecule has 1 aliphatic heterocycles. The lowest BCUT2D eigenvalue weighted by Crippen LogP contribution is -2.30. The van der Waals surface area contributed by atoms with Crippen LogP contribution < -0.4 is 4.90 Å². The molecule has 8 rings (SSSR count). The largest absolute Gasteiger partial charge is 0.289 e. The second kappa shape index (κ2) is 8.22. The maximum atomic E-state index is 13.3. The summed E-state index contributed by atoms with van der Waals surface area (Å²) in [6.07, 6.45) is 4.67. The van der Waals surface area contributed by atoms with Crippen LogP contribution in [-0.2, 0) is 11.8 Å². The minimum Gasteiger partial charge on any atom is -0.289 e. The van der Waals surface area contributed by atoms with Crippen LogP contribution >= 0.6 is 22.7 Å². The van der Waals surface area contributed by atoms with Crippen LogP contribution in [0, 0.1) is 0 Å². The molecule has 4 heterocycles. The maximum Gasteiger partial charge on any atom is 0.189 e. The van der Waals surface area contributed by atoms with Crippen LogP contribution in [0.2, 0.25) is 0 Å². The average Bonchev–Trinajstić information content (AvgIpc) is 3.59. The Bertz CT molecular complexity index is 1930. The van der Waals surface area contributed by atoms with E-state index in [1.807, 2.05) is 24.4 Å². The fourth-order valence-corrected chi connectivity index (χ4v) is 8.54. The fraction of sp³-hybridized carbons (Fsp3) is 0.118. The first-order valence-electron chi connectivity index (χ1n) is 13.1. The summed E-state index contributed by atoms with van der Waals surface area (Å²) in [4.78, 5) is 21.6. The number of thiophene rings is 2. The number of allylic oxidation sites excluding steroid dienone is 1. The summed E-state index contributed by atoms with van der Waals surface area (Å²) in [7, 11) is 0. The number of carbonyl (C=O) groups is 1. The molecule has 0 radical (unpaired) electrons. The Labute approximate surface area is 234 Å². The van der Waals surface area contributed by atoms with E-state index < -0.39 is 0 Å². The summed E-state index contributed by atoms with van der Waals surface area (Å²) < 4.78 is 2.46. The molecule has 0 N–H and O–H groups in total. The molecule has 0 saturated heterocycles. The Hall–Kier alpha value is -4.06. The van der Waals surface area contributed by atoms with Crippen LogP contribution in [0.5, 0.6) is 0 Å². The number of hydrogen-bond acceptors (Lipinski definition) is 5. The van der Waals surface area contributed by atoms with Gasteiger partial charge in [-0.2, -0.15) is 0 Å². The molecule has 3 aromatic carbocycles. The molecule has 0 amide bonds. The topological polar surface area (TPSA) is 33.2 Å². The lowest BCUT2D eigenvalue weighted by molar-refractivity contribution is 0.104. The van der Waals surface area contributed by atoms with Gasteiger partial charge in [-0.05, 0) is 58.3 Å². The molecule has 0 bridgehead atoms. The molecule has 0 fully saturated rings. The molecule has 1 aliphatic carbocycles. The molecular weight excluding hydrogens is 517 g/mol. The standard InChI is InChI=1S/C34H24N2OS2/c1-34(2)26-10-5-6-12-28(26)36(33-27(34)11-7-13-35-33)31-19-30-29(39-31)18-24(38-30)16-23-15-22-14-20-8-3-4-9-21(20)17-25(22)32(23)37/h3-14,16-19H,15H2,1-2H3/b23-16-. The minimum absolute atomic E-state index is 0.123. The third-order valence-corrected chi connectivity index (χ3v) is 10.4. The Kier molecular flexibility index (Phi) is 4.82. The SMILES string of the molecule is CC1(C)c2ccccc2N(c2cc3sc(/C=C4/Cc5cc6ccccc6cc5C4=O)cc3s2)c2ncccc21. The van der Waals surface area contributed by atoms with Crippen LogP contribution in [0.3, 0.4) is 0 Å². The quantitative estimate of drug-likeness (QED) is 0.205. The van der Waals surface area contributed by atoms with Crippen molar-refractivity contribution in [1.82, 2.24) is 4.98 Å². The highest BCUT2D eigenvalue weighted by molar-refractivity contribution is 7.30. The molecule has 5 heteroatoms. The highest BCUT2D eigenvalue weighted by Crippen LogP contribution is 2.53. The van der Waals surface area contributed by atoms with Crippen molar-refractivity contribution in [2.24, 2.45) is 0 Å². The number of anilines is 3. The van der Waals surface area contributed by atoms with Crippen molar-refractivity contribution in [2.45, 2.75) is 25.7 Å². The van der Waals surface area contributed by atoms with Gasteiger partial charge in [0.1, 0.15) is 10.8 Å². The zero-order valence-electron chi connectivity index (χ0n) is 21.6. The second-order valence-corrected chi connectivity index (χ2v) is 13.0. The molecule has 2 aliphatic rings. The van der Waals surface area contributed by atoms with E-state index in [-0.39, 0.29) is 11.2 Å². The van der Waals surface area contributed by atoms with Gasteiger partial charge in [0.15, 0.2) is 5.78 Å². The van der Waals surface area contributed by atoms with Gasteiger partial charge in [0.2, 0.25) is 0 Å². The first kappa shape index (κ1) is 22.9. The van der Waals surface area contributed by atoms with Gasteiger partial charge in [0.25, 0.3) is 0 Å². The van der Waals surface area contributed by atoms with Gasteiger partial charge in [0.05, 0.1) is 5.69 Å². The summed E-state index contributed by atoms with van der Waals surface area (Å²) >= 11 is 3.53. The summed E-state index contributed by atoms with van der Waals surface area (Å²) in [5.41, 5.74) is 6.45. The molecular formula is C34H24N2OS2. The van der Waals surface area contributed by atoms with Gasteiger partial charge in [-0.3, -0.25) is 9.69 Å². The zero-order chi connectivity index (χ0) is 26.3. The summed E-state index contributed by atoms with van der Waals surface area (Å²) in [5, 5.41) is 3.47. The highest BCUT2D eigenvalue weighted by atomic mass is 32.1. The Morgan fingerprint density at radius 3 is 2.44 bits per heavy atom. The van der Waals surface area contributed by atoms with Crippen LogP contribution in [0.1, 0.15) is 45.8 Å². The molecule has 39 heavy (non-hydrogen) atoms. The normalized spacial score (nSPS) is 16.6. The van der Waals surface area contributed by atoms with Gasteiger partial charge in [-0.1, -0.05) is 68.4 Å². The number of para-hydroxylation sites is 1. The molecule has 0 saturated carbocycles. The van der Waals surface area contributed by atoms with E-state index in [1.165, 1.54) is 31.6 Å². The Morgan fingerprint density at radius 2 is 1.59 bits per heavy atom.